The van der Waals surface area contributed by atoms with Gasteiger partial charge in [0.25, 0.3) is 0 Å². The van der Waals surface area contributed by atoms with Crippen LogP contribution in [0.1, 0.15) is 11.5 Å². The highest BCUT2D eigenvalue weighted by Crippen LogP contribution is 2.21. The first kappa shape index (κ1) is 12.4. The summed E-state index contributed by atoms with van der Waals surface area (Å²) in [5.41, 5.74) is 1.97. The summed E-state index contributed by atoms with van der Waals surface area (Å²) in [6.45, 7) is 0. The van der Waals surface area contributed by atoms with E-state index in [1.54, 1.807) is 7.11 Å². The van der Waals surface area contributed by atoms with Crippen LogP contribution in [0.5, 0.6) is 5.75 Å². The summed E-state index contributed by atoms with van der Waals surface area (Å²) in [7, 11) is 1.65. The van der Waals surface area contributed by atoms with Gasteiger partial charge in [-0.1, -0.05) is 53.7 Å². The van der Waals surface area contributed by atoms with E-state index in [9.17, 15) is 0 Å². The van der Waals surface area contributed by atoms with Crippen LogP contribution in [-0.4, -0.2) is 17.3 Å². The topological polar surface area (TPSA) is 48.2 Å². The number of hydrogen-bond donors (Lipinski definition) is 0. The first-order chi connectivity index (χ1) is 9.86. The van der Waals surface area contributed by atoms with Crippen molar-refractivity contribution < 1.29 is 9.26 Å². The smallest absolute Gasteiger partial charge is 0.231 e. The third-order valence-corrected chi connectivity index (χ3v) is 3.03. The van der Waals surface area contributed by atoms with Crippen LogP contribution in [0.3, 0.4) is 0 Å². The Hall–Kier alpha value is -2.62. The molecule has 0 aliphatic carbocycles. The summed E-state index contributed by atoms with van der Waals surface area (Å²) < 4.78 is 10.6. The molecule has 0 spiro atoms. The Morgan fingerprint density at radius 3 is 2.55 bits per heavy atom. The predicted octanol–water partition coefficient (Wildman–Crippen LogP) is 3.34. The monoisotopic (exact) mass is 266 g/mol. The Kier molecular flexibility index (Phi) is 3.46. The first-order valence-corrected chi connectivity index (χ1v) is 6.37. The maximum absolute atomic E-state index is 5.32. The number of hydrogen-bond acceptors (Lipinski definition) is 4. The molecule has 0 aliphatic heterocycles. The molecular weight excluding hydrogens is 252 g/mol. The van der Waals surface area contributed by atoms with E-state index < -0.39 is 0 Å². The minimum atomic E-state index is 0.559. The van der Waals surface area contributed by atoms with Gasteiger partial charge in [0.2, 0.25) is 11.7 Å². The van der Waals surface area contributed by atoms with Gasteiger partial charge in [0.1, 0.15) is 5.75 Å². The van der Waals surface area contributed by atoms with Crippen LogP contribution < -0.4 is 4.74 Å². The molecule has 3 rings (SSSR count). The highest BCUT2D eigenvalue weighted by Gasteiger charge is 2.11. The molecule has 3 aromatic rings. The Morgan fingerprint density at radius 1 is 1.00 bits per heavy atom. The van der Waals surface area contributed by atoms with Crippen LogP contribution in [0.2, 0.25) is 0 Å². The van der Waals surface area contributed by atoms with Crippen molar-refractivity contribution in [2.45, 2.75) is 6.42 Å². The second kappa shape index (κ2) is 5.57. The van der Waals surface area contributed by atoms with Crippen LogP contribution >= 0.6 is 0 Å². The van der Waals surface area contributed by atoms with Crippen molar-refractivity contribution in [3.05, 3.63) is 66.1 Å². The predicted molar refractivity (Wildman–Crippen MR) is 75.5 cm³/mol. The molecule has 4 nitrogen and oxygen atoms in total. The summed E-state index contributed by atoms with van der Waals surface area (Å²) in [5, 5.41) is 4.01. The molecule has 0 saturated heterocycles. The van der Waals surface area contributed by atoms with Gasteiger partial charge in [0.15, 0.2) is 0 Å². The molecule has 0 aliphatic rings. The molecule has 0 fully saturated rings. The lowest BCUT2D eigenvalue weighted by Crippen LogP contribution is -1.93. The first-order valence-electron chi connectivity index (χ1n) is 6.37. The Labute approximate surface area is 117 Å². The van der Waals surface area contributed by atoms with E-state index in [1.807, 2.05) is 54.6 Å². The van der Waals surface area contributed by atoms with E-state index in [1.165, 1.54) is 0 Å². The lowest BCUT2D eigenvalue weighted by molar-refractivity contribution is 0.379. The van der Waals surface area contributed by atoms with E-state index in [-0.39, 0.29) is 0 Å². The highest BCUT2D eigenvalue weighted by molar-refractivity contribution is 5.53. The quantitative estimate of drug-likeness (QED) is 0.726. The molecule has 0 radical (unpaired) electrons. The van der Waals surface area contributed by atoms with Crippen molar-refractivity contribution in [2.75, 3.05) is 7.11 Å². The minimum Gasteiger partial charge on any atom is -0.496 e. The average molecular weight is 266 g/mol. The Bertz CT molecular complexity index is 692. The number of nitrogens with zero attached hydrogens (tertiary/aromatic N) is 2. The molecule has 0 unspecified atom stereocenters. The molecule has 0 N–H and O–H groups in total. The summed E-state index contributed by atoms with van der Waals surface area (Å²) in [6.07, 6.45) is 0.559. The van der Waals surface area contributed by atoms with E-state index in [4.69, 9.17) is 9.26 Å². The van der Waals surface area contributed by atoms with Gasteiger partial charge in [-0.05, 0) is 6.07 Å². The fourth-order valence-corrected chi connectivity index (χ4v) is 2.04. The van der Waals surface area contributed by atoms with Crippen LogP contribution in [0.15, 0.2) is 59.1 Å². The Morgan fingerprint density at radius 2 is 1.75 bits per heavy atom. The number of benzene rings is 2. The summed E-state index contributed by atoms with van der Waals surface area (Å²) in [5.74, 6) is 2.01. The van der Waals surface area contributed by atoms with Crippen molar-refractivity contribution in [1.82, 2.24) is 10.1 Å². The zero-order valence-electron chi connectivity index (χ0n) is 11.1. The zero-order chi connectivity index (χ0) is 13.8. The second-order valence-corrected chi connectivity index (χ2v) is 4.37. The van der Waals surface area contributed by atoms with Crippen LogP contribution in [0, 0.1) is 0 Å². The molecule has 0 amide bonds. The van der Waals surface area contributed by atoms with Gasteiger partial charge in [0.05, 0.1) is 13.5 Å². The number of methoxy groups -OCH3 is 1. The third-order valence-electron chi connectivity index (χ3n) is 3.03. The minimum absolute atomic E-state index is 0.559. The van der Waals surface area contributed by atoms with Crippen molar-refractivity contribution in [3.8, 4) is 17.1 Å². The van der Waals surface area contributed by atoms with Crippen LogP contribution in [0.25, 0.3) is 11.4 Å². The molecule has 4 heteroatoms. The number of ether oxygens (including phenoxy) is 1. The van der Waals surface area contributed by atoms with Crippen molar-refractivity contribution in [3.63, 3.8) is 0 Å². The molecule has 100 valence electrons. The fraction of sp³-hybridized carbons (Fsp3) is 0.125. The average Bonchev–Trinajstić information content (AvgIpc) is 2.97. The molecule has 1 heterocycles. The maximum Gasteiger partial charge on any atom is 0.231 e. The van der Waals surface area contributed by atoms with Gasteiger partial charge in [-0.25, -0.2) is 0 Å². The molecule has 1 aromatic heterocycles. The lowest BCUT2D eigenvalue weighted by Gasteiger charge is -2.04. The summed E-state index contributed by atoms with van der Waals surface area (Å²) >= 11 is 0. The molecule has 0 bridgehead atoms. The zero-order valence-corrected chi connectivity index (χ0v) is 11.1. The lowest BCUT2D eigenvalue weighted by atomic mass is 10.1. The largest absolute Gasteiger partial charge is 0.496 e. The van der Waals surface area contributed by atoms with Gasteiger partial charge >= 0.3 is 0 Å². The van der Waals surface area contributed by atoms with Gasteiger partial charge in [-0.15, -0.1) is 0 Å². The van der Waals surface area contributed by atoms with E-state index in [0.29, 0.717) is 18.1 Å². The summed E-state index contributed by atoms with van der Waals surface area (Å²) in [4.78, 5) is 4.42. The normalized spacial score (nSPS) is 10.4. The van der Waals surface area contributed by atoms with Crippen molar-refractivity contribution in [2.24, 2.45) is 0 Å². The molecule has 0 saturated carbocycles. The van der Waals surface area contributed by atoms with E-state index in [0.717, 1.165) is 16.9 Å². The van der Waals surface area contributed by atoms with E-state index in [2.05, 4.69) is 10.1 Å². The highest BCUT2D eigenvalue weighted by atomic mass is 16.5. The molecule has 20 heavy (non-hydrogen) atoms. The number of para-hydroxylation sites is 1. The Balaban J connectivity index is 1.84. The molecule has 2 aromatic carbocycles. The van der Waals surface area contributed by atoms with Gasteiger partial charge in [-0.2, -0.15) is 4.98 Å². The second-order valence-electron chi connectivity index (χ2n) is 4.37. The third kappa shape index (κ3) is 2.54. The number of rotatable bonds is 4. The summed E-state index contributed by atoms with van der Waals surface area (Å²) in [6, 6.07) is 17.6. The SMILES string of the molecule is COc1ccccc1Cc1nc(-c2ccccc2)no1. The molecular formula is C16H14N2O2. The van der Waals surface area contributed by atoms with Gasteiger partial charge < -0.3 is 9.26 Å². The van der Waals surface area contributed by atoms with Gasteiger partial charge in [-0.3, -0.25) is 0 Å². The van der Waals surface area contributed by atoms with E-state index >= 15 is 0 Å². The van der Waals surface area contributed by atoms with Crippen molar-refractivity contribution >= 4 is 0 Å². The van der Waals surface area contributed by atoms with Gasteiger partial charge in [0, 0.05) is 11.1 Å². The van der Waals surface area contributed by atoms with Crippen LogP contribution in [0.4, 0.5) is 0 Å². The maximum atomic E-state index is 5.32. The van der Waals surface area contributed by atoms with Crippen molar-refractivity contribution in [1.29, 1.82) is 0 Å². The fourth-order valence-electron chi connectivity index (χ4n) is 2.04. The standard InChI is InChI=1S/C16H14N2O2/c1-19-14-10-6-5-9-13(14)11-15-17-16(18-20-15)12-7-3-2-4-8-12/h2-10H,11H2,1H3. The molecule has 0 atom stereocenters. The number of aromatic nitrogens is 2. The van der Waals surface area contributed by atoms with Crippen LogP contribution in [-0.2, 0) is 6.42 Å².